The van der Waals surface area contributed by atoms with Crippen molar-refractivity contribution in [1.29, 1.82) is 0 Å². The number of carbonyl (C=O) groups is 1. The average Bonchev–Trinajstić information content (AvgIpc) is 2.63. The molecule has 0 bridgehead atoms. The monoisotopic (exact) mass is 350 g/mol. The number of hydrogen-bond donors (Lipinski definition) is 1. The number of nitrogens with zero attached hydrogens (tertiary/aromatic N) is 1. The lowest BCUT2D eigenvalue weighted by Gasteiger charge is -1.99. The molecule has 124 valence electrons. The van der Waals surface area contributed by atoms with Crippen LogP contribution in [-0.2, 0) is 6.54 Å². The van der Waals surface area contributed by atoms with Gasteiger partial charge in [0.05, 0.1) is 0 Å². The molecule has 3 nitrogen and oxygen atoms in total. The Morgan fingerprint density at radius 3 is 2.44 bits per heavy atom. The fourth-order valence-electron chi connectivity index (χ4n) is 2.41. The van der Waals surface area contributed by atoms with Crippen molar-refractivity contribution >= 4 is 23.5 Å². The van der Waals surface area contributed by atoms with Gasteiger partial charge in [0.15, 0.2) is 24.7 Å². The van der Waals surface area contributed by atoms with Crippen molar-refractivity contribution in [3.8, 4) is 5.75 Å². The average molecular weight is 351 g/mol. The zero-order valence-corrected chi connectivity index (χ0v) is 14.2. The fraction of sp³-hybridized carbons (Fsp3) is 0.0476. The Hall–Kier alpha value is -2.91. The van der Waals surface area contributed by atoms with E-state index in [4.69, 9.17) is 11.6 Å². The van der Waals surface area contributed by atoms with Crippen LogP contribution in [0.5, 0.6) is 5.75 Å². The summed E-state index contributed by atoms with van der Waals surface area (Å²) >= 11 is 5.89. The third kappa shape index (κ3) is 4.78. The van der Waals surface area contributed by atoms with Gasteiger partial charge in [0, 0.05) is 28.3 Å². The van der Waals surface area contributed by atoms with Crippen LogP contribution in [0, 0.1) is 0 Å². The van der Waals surface area contributed by atoms with Crippen molar-refractivity contribution in [2.75, 3.05) is 0 Å². The second kappa shape index (κ2) is 7.77. The van der Waals surface area contributed by atoms with Crippen molar-refractivity contribution in [2.45, 2.75) is 6.54 Å². The van der Waals surface area contributed by atoms with Crippen LogP contribution in [0.3, 0.4) is 0 Å². The third-order valence-electron chi connectivity index (χ3n) is 3.75. The highest BCUT2D eigenvalue weighted by Crippen LogP contribution is 2.13. The number of phenols is 1. The molecule has 0 aliphatic heterocycles. The number of pyridine rings is 1. The molecular formula is C21H17ClNO2+. The molecule has 0 radical (unpaired) electrons. The van der Waals surface area contributed by atoms with E-state index < -0.39 is 0 Å². The largest absolute Gasteiger partial charge is 0.508 e. The molecule has 1 N–H and O–H groups in total. The van der Waals surface area contributed by atoms with Crippen molar-refractivity contribution in [3.63, 3.8) is 0 Å². The number of halogens is 1. The molecule has 0 aliphatic carbocycles. The number of ketones is 1. The van der Waals surface area contributed by atoms with Gasteiger partial charge in [-0.3, -0.25) is 4.79 Å². The summed E-state index contributed by atoms with van der Waals surface area (Å²) in [5, 5.41) is 10.2. The van der Waals surface area contributed by atoms with Gasteiger partial charge < -0.3 is 5.11 Å². The minimum Gasteiger partial charge on any atom is -0.508 e. The first-order chi connectivity index (χ1) is 12.1. The normalized spacial score (nSPS) is 10.9. The highest BCUT2D eigenvalue weighted by molar-refractivity contribution is 6.30. The van der Waals surface area contributed by atoms with Gasteiger partial charge >= 0.3 is 0 Å². The molecule has 0 atom stereocenters. The van der Waals surface area contributed by atoms with E-state index >= 15 is 0 Å². The standard InChI is InChI=1S/C21H16ClNO2/c22-19-7-4-17(5-8-19)15-23-12-10-16(11-13-23)6-9-21(25)18-2-1-3-20(24)14-18/h1-14H,15H2/p+1/b9-6+. The summed E-state index contributed by atoms with van der Waals surface area (Å²) < 4.78 is 2.05. The molecule has 1 aromatic heterocycles. The quantitative estimate of drug-likeness (QED) is 0.424. The van der Waals surface area contributed by atoms with Crippen molar-refractivity contribution in [1.82, 2.24) is 0 Å². The number of aromatic hydroxyl groups is 1. The van der Waals surface area contributed by atoms with Gasteiger partial charge in [0.25, 0.3) is 0 Å². The van der Waals surface area contributed by atoms with Gasteiger partial charge in [0.1, 0.15) is 5.75 Å². The molecule has 3 rings (SSSR count). The highest BCUT2D eigenvalue weighted by Gasteiger charge is 2.04. The maximum absolute atomic E-state index is 12.1. The van der Waals surface area contributed by atoms with Crippen LogP contribution in [0.25, 0.3) is 6.08 Å². The minimum absolute atomic E-state index is 0.0854. The van der Waals surface area contributed by atoms with Crippen LogP contribution in [-0.4, -0.2) is 10.9 Å². The van der Waals surface area contributed by atoms with E-state index in [9.17, 15) is 9.90 Å². The summed E-state index contributed by atoms with van der Waals surface area (Å²) in [6.07, 6.45) is 7.20. The maximum Gasteiger partial charge on any atom is 0.185 e. The van der Waals surface area contributed by atoms with Crippen LogP contribution < -0.4 is 4.57 Å². The van der Waals surface area contributed by atoms with Crippen LogP contribution >= 0.6 is 11.6 Å². The van der Waals surface area contributed by atoms with Crippen molar-refractivity contribution in [2.24, 2.45) is 0 Å². The van der Waals surface area contributed by atoms with E-state index in [1.165, 1.54) is 18.2 Å². The summed E-state index contributed by atoms with van der Waals surface area (Å²) in [4.78, 5) is 12.1. The summed E-state index contributed by atoms with van der Waals surface area (Å²) in [6, 6.07) is 18.0. The lowest BCUT2D eigenvalue weighted by Crippen LogP contribution is -2.33. The van der Waals surface area contributed by atoms with Crippen molar-refractivity contribution < 1.29 is 14.5 Å². The number of rotatable bonds is 5. The van der Waals surface area contributed by atoms with Gasteiger partial charge in [-0.25, -0.2) is 4.57 Å². The predicted molar refractivity (Wildman–Crippen MR) is 98.7 cm³/mol. The molecule has 0 aliphatic rings. The molecule has 0 saturated heterocycles. The number of carbonyl (C=O) groups excluding carboxylic acids is 1. The molecule has 0 amide bonds. The zero-order chi connectivity index (χ0) is 17.6. The SMILES string of the molecule is O=C(/C=C/c1cc[n+](Cc2ccc(Cl)cc2)cc1)c1cccc(O)c1. The number of aromatic nitrogens is 1. The van der Waals surface area contributed by atoms with Crippen LogP contribution in [0.1, 0.15) is 21.5 Å². The second-order valence-electron chi connectivity index (χ2n) is 5.68. The van der Waals surface area contributed by atoms with Crippen LogP contribution in [0.2, 0.25) is 5.02 Å². The topological polar surface area (TPSA) is 41.2 Å². The van der Waals surface area contributed by atoms with Gasteiger partial charge in [-0.15, -0.1) is 0 Å². The van der Waals surface area contributed by atoms with Crippen LogP contribution in [0.15, 0.2) is 79.1 Å². The van der Waals surface area contributed by atoms with Gasteiger partial charge in [-0.05, 0) is 35.9 Å². The summed E-state index contributed by atoms with van der Waals surface area (Å²) in [5.74, 6) is -0.0593. The Morgan fingerprint density at radius 2 is 1.76 bits per heavy atom. The van der Waals surface area contributed by atoms with E-state index in [1.54, 1.807) is 18.2 Å². The van der Waals surface area contributed by atoms with Gasteiger partial charge in [-0.2, -0.15) is 0 Å². The molecule has 0 saturated carbocycles. The van der Waals surface area contributed by atoms with E-state index in [-0.39, 0.29) is 11.5 Å². The first-order valence-electron chi connectivity index (χ1n) is 7.85. The molecular weight excluding hydrogens is 334 g/mol. The fourth-order valence-corrected chi connectivity index (χ4v) is 2.54. The second-order valence-corrected chi connectivity index (χ2v) is 6.11. The van der Waals surface area contributed by atoms with E-state index in [1.807, 2.05) is 48.8 Å². The Kier molecular flexibility index (Phi) is 5.26. The molecule has 0 unspecified atom stereocenters. The van der Waals surface area contributed by atoms with E-state index in [2.05, 4.69) is 4.57 Å². The minimum atomic E-state index is -0.145. The number of benzene rings is 2. The maximum atomic E-state index is 12.1. The Labute approximate surface area is 151 Å². The Balaban J connectivity index is 1.66. The zero-order valence-electron chi connectivity index (χ0n) is 13.5. The molecule has 4 heteroatoms. The van der Waals surface area contributed by atoms with Crippen LogP contribution in [0.4, 0.5) is 0 Å². The highest BCUT2D eigenvalue weighted by atomic mass is 35.5. The first kappa shape index (κ1) is 16.9. The summed E-state index contributed by atoms with van der Waals surface area (Å²) in [7, 11) is 0. The predicted octanol–water partition coefficient (Wildman–Crippen LogP) is 4.28. The molecule has 0 fully saturated rings. The first-order valence-corrected chi connectivity index (χ1v) is 8.23. The summed E-state index contributed by atoms with van der Waals surface area (Å²) in [6.45, 7) is 0.753. The van der Waals surface area contributed by atoms with E-state index in [0.717, 1.165) is 22.7 Å². The Bertz CT molecular complexity index is 900. The third-order valence-corrected chi connectivity index (χ3v) is 4.01. The molecule has 25 heavy (non-hydrogen) atoms. The number of allylic oxidation sites excluding steroid dienone is 1. The van der Waals surface area contributed by atoms with Gasteiger partial charge in [0.2, 0.25) is 0 Å². The molecule has 3 aromatic rings. The lowest BCUT2D eigenvalue weighted by atomic mass is 10.1. The Morgan fingerprint density at radius 1 is 1.04 bits per heavy atom. The molecule has 0 spiro atoms. The molecule has 1 heterocycles. The lowest BCUT2D eigenvalue weighted by molar-refractivity contribution is -0.688. The van der Waals surface area contributed by atoms with Gasteiger partial charge in [-0.1, -0.05) is 41.9 Å². The van der Waals surface area contributed by atoms with Crippen molar-refractivity contribution in [3.05, 3.63) is 101 Å². The smallest absolute Gasteiger partial charge is 0.185 e. The number of hydrogen-bond acceptors (Lipinski definition) is 2. The molecule has 2 aromatic carbocycles. The number of phenolic OH excluding ortho intramolecular Hbond substituents is 1. The van der Waals surface area contributed by atoms with E-state index in [0.29, 0.717) is 5.56 Å². The summed E-state index contributed by atoms with van der Waals surface area (Å²) in [5.41, 5.74) is 2.56.